The third kappa shape index (κ3) is 5.45. The Morgan fingerprint density at radius 2 is 0.800 bits per heavy atom. The third-order valence-corrected chi connectivity index (χ3v) is 8.75. The Labute approximate surface area is 181 Å². The van der Waals surface area contributed by atoms with Crippen LogP contribution in [0.15, 0.2) is 91.0 Å². The summed E-state index contributed by atoms with van der Waals surface area (Å²) >= 11 is 0. The second kappa shape index (κ2) is 10.3. The minimum atomic E-state index is -3.17. The lowest BCUT2D eigenvalue weighted by Gasteiger charge is -2.36. The standard InChI is InChI=1S/C26H30O3Si/c1-2-13-21-26(22-14-3-1)30(27-23-15-7-4-8-16-23,28-24-17-9-5-10-18-24)29-25-19-11-6-12-20-25/h4-12,15-20,26H,1-3,13-14,21-22H2. The van der Waals surface area contributed by atoms with Gasteiger partial charge in [-0.1, -0.05) is 86.7 Å². The van der Waals surface area contributed by atoms with Crippen LogP contribution < -0.4 is 13.3 Å². The smallest absolute Gasteiger partial charge is 0.483 e. The number of hydrogen-bond donors (Lipinski definition) is 0. The average molecular weight is 419 g/mol. The highest BCUT2D eigenvalue weighted by Gasteiger charge is 2.56. The summed E-state index contributed by atoms with van der Waals surface area (Å²) in [6.45, 7) is 0. The van der Waals surface area contributed by atoms with Gasteiger partial charge in [0.15, 0.2) is 0 Å². The van der Waals surface area contributed by atoms with E-state index in [0.29, 0.717) is 0 Å². The molecule has 4 heteroatoms. The number of benzene rings is 3. The molecule has 0 aliphatic heterocycles. The molecule has 1 aliphatic carbocycles. The Bertz CT molecular complexity index is 761. The second-order valence-electron chi connectivity index (χ2n) is 7.89. The van der Waals surface area contributed by atoms with Crippen LogP contribution in [0.25, 0.3) is 0 Å². The average Bonchev–Trinajstić information content (AvgIpc) is 2.75. The monoisotopic (exact) mass is 418 g/mol. The van der Waals surface area contributed by atoms with Crippen LogP contribution in [-0.4, -0.2) is 8.80 Å². The lowest BCUT2D eigenvalue weighted by Crippen LogP contribution is -2.58. The molecule has 0 bridgehead atoms. The van der Waals surface area contributed by atoms with Crippen molar-refractivity contribution in [2.24, 2.45) is 0 Å². The first-order valence-corrected chi connectivity index (χ1v) is 12.9. The number of hydrogen-bond acceptors (Lipinski definition) is 3. The lowest BCUT2D eigenvalue weighted by molar-refractivity contribution is 0.231. The van der Waals surface area contributed by atoms with Crippen molar-refractivity contribution in [1.82, 2.24) is 0 Å². The van der Waals surface area contributed by atoms with E-state index in [0.717, 1.165) is 30.1 Å². The van der Waals surface area contributed by atoms with Crippen molar-refractivity contribution in [1.29, 1.82) is 0 Å². The summed E-state index contributed by atoms with van der Waals surface area (Å²) < 4.78 is 20.2. The van der Waals surface area contributed by atoms with E-state index in [1.807, 2.05) is 91.0 Å². The van der Waals surface area contributed by atoms with Gasteiger partial charge in [0.1, 0.15) is 17.2 Å². The van der Waals surface area contributed by atoms with Crippen molar-refractivity contribution in [3.05, 3.63) is 91.0 Å². The molecule has 0 atom stereocenters. The van der Waals surface area contributed by atoms with Crippen LogP contribution in [0.4, 0.5) is 0 Å². The largest absolute Gasteiger partial charge is 0.702 e. The molecule has 3 aromatic rings. The third-order valence-electron chi connectivity index (χ3n) is 5.62. The van der Waals surface area contributed by atoms with E-state index in [4.69, 9.17) is 13.3 Å². The fourth-order valence-corrected chi connectivity index (χ4v) is 7.21. The van der Waals surface area contributed by atoms with Gasteiger partial charge in [-0.05, 0) is 49.2 Å². The molecule has 0 unspecified atom stereocenters. The van der Waals surface area contributed by atoms with Crippen LogP contribution in [0.5, 0.6) is 17.2 Å². The maximum atomic E-state index is 6.74. The minimum Gasteiger partial charge on any atom is -0.483 e. The molecule has 1 saturated carbocycles. The van der Waals surface area contributed by atoms with Crippen LogP contribution >= 0.6 is 0 Å². The van der Waals surface area contributed by atoms with Crippen molar-refractivity contribution < 1.29 is 13.3 Å². The molecule has 156 valence electrons. The van der Waals surface area contributed by atoms with Gasteiger partial charge in [0.25, 0.3) is 0 Å². The molecule has 1 fully saturated rings. The van der Waals surface area contributed by atoms with Gasteiger partial charge in [-0.2, -0.15) is 0 Å². The molecule has 0 saturated heterocycles. The SMILES string of the molecule is c1ccc(O[Si](Oc2ccccc2)(Oc2ccccc2)C2CCCCCCC2)cc1. The molecular formula is C26H30O3Si. The van der Waals surface area contributed by atoms with Gasteiger partial charge < -0.3 is 13.3 Å². The van der Waals surface area contributed by atoms with E-state index in [-0.39, 0.29) is 5.54 Å². The Morgan fingerprint density at radius 3 is 1.17 bits per heavy atom. The summed E-state index contributed by atoms with van der Waals surface area (Å²) in [6, 6.07) is 30.0. The topological polar surface area (TPSA) is 27.7 Å². The van der Waals surface area contributed by atoms with Gasteiger partial charge in [-0.15, -0.1) is 0 Å². The quantitative estimate of drug-likeness (QED) is 0.377. The first-order valence-electron chi connectivity index (χ1n) is 11.1. The Kier molecular flexibility index (Phi) is 7.09. The molecule has 3 aromatic carbocycles. The molecular weight excluding hydrogens is 388 g/mol. The van der Waals surface area contributed by atoms with Crippen LogP contribution in [0.2, 0.25) is 5.54 Å². The maximum absolute atomic E-state index is 6.74. The van der Waals surface area contributed by atoms with Gasteiger partial charge >= 0.3 is 8.80 Å². The van der Waals surface area contributed by atoms with Crippen LogP contribution in [-0.2, 0) is 0 Å². The Balaban J connectivity index is 1.74. The van der Waals surface area contributed by atoms with Gasteiger partial charge in [0.2, 0.25) is 0 Å². The predicted octanol–water partition coefficient (Wildman–Crippen LogP) is 7.28. The van der Waals surface area contributed by atoms with E-state index in [1.165, 1.54) is 32.1 Å². The summed E-state index contributed by atoms with van der Waals surface area (Å²) in [5, 5.41) is 0. The zero-order chi connectivity index (χ0) is 20.5. The van der Waals surface area contributed by atoms with E-state index in [9.17, 15) is 0 Å². The highest BCUT2D eigenvalue weighted by Crippen LogP contribution is 2.39. The molecule has 0 amide bonds. The van der Waals surface area contributed by atoms with Crippen molar-refractivity contribution in [2.75, 3.05) is 0 Å². The first kappa shape index (κ1) is 20.5. The summed E-state index contributed by atoms with van der Waals surface area (Å²) in [5.41, 5.74) is 0.249. The highest BCUT2D eigenvalue weighted by atomic mass is 28.4. The molecule has 0 heterocycles. The summed E-state index contributed by atoms with van der Waals surface area (Å²) in [5.74, 6) is 2.41. The van der Waals surface area contributed by atoms with E-state index in [1.54, 1.807) is 0 Å². The molecule has 0 aromatic heterocycles. The summed E-state index contributed by atoms with van der Waals surface area (Å²) in [7, 11) is -3.17. The maximum Gasteiger partial charge on any atom is 0.702 e. The van der Waals surface area contributed by atoms with Crippen molar-refractivity contribution in [3.8, 4) is 17.2 Å². The summed E-state index contributed by atoms with van der Waals surface area (Å²) in [4.78, 5) is 0. The van der Waals surface area contributed by atoms with Crippen LogP contribution in [0.3, 0.4) is 0 Å². The van der Waals surface area contributed by atoms with E-state index >= 15 is 0 Å². The molecule has 0 N–H and O–H groups in total. The fraction of sp³-hybridized carbons (Fsp3) is 0.308. The number of rotatable bonds is 7. The minimum absolute atomic E-state index is 0.249. The van der Waals surface area contributed by atoms with Crippen molar-refractivity contribution in [2.45, 2.75) is 50.5 Å². The Morgan fingerprint density at radius 1 is 0.467 bits per heavy atom. The molecule has 3 nitrogen and oxygen atoms in total. The number of para-hydroxylation sites is 3. The predicted molar refractivity (Wildman–Crippen MR) is 123 cm³/mol. The second-order valence-corrected chi connectivity index (χ2v) is 10.5. The Hall–Kier alpha value is -2.72. The molecule has 4 rings (SSSR count). The van der Waals surface area contributed by atoms with E-state index in [2.05, 4.69) is 0 Å². The van der Waals surface area contributed by atoms with Crippen LogP contribution in [0.1, 0.15) is 44.9 Å². The fourth-order valence-electron chi connectivity index (χ4n) is 4.08. The zero-order valence-electron chi connectivity index (χ0n) is 17.4. The highest BCUT2D eigenvalue weighted by molar-refractivity contribution is 6.64. The van der Waals surface area contributed by atoms with E-state index < -0.39 is 8.80 Å². The lowest BCUT2D eigenvalue weighted by atomic mass is 10.0. The van der Waals surface area contributed by atoms with Gasteiger partial charge in [-0.3, -0.25) is 0 Å². The molecule has 1 aliphatic rings. The van der Waals surface area contributed by atoms with Gasteiger partial charge in [0.05, 0.1) is 5.54 Å². The zero-order valence-corrected chi connectivity index (χ0v) is 18.4. The molecule has 30 heavy (non-hydrogen) atoms. The molecule has 0 radical (unpaired) electrons. The normalized spacial score (nSPS) is 15.6. The van der Waals surface area contributed by atoms with Crippen molar-refractivity contribution >= 4 is 8.80 Å². The van der Waals surface area contributed by atoms with Gasteiger partial charge in [-0.25, -0.2) is 0 Å². The van der Waals surface area contributed by atoms with Gasteiger partial charge in [0, 0.05) is 0 Å². The van der Waals surface area contributed by atoms with Crippen LogP contribution in [0, 0.1) is 0 Å². The summed E-state index contributed by atoms with van der Waals surface area (Å²) in [6.07, 6.45) is 8.37. The molecule has 0 spiro atoms. The first-order chi connectivity index (χ1) is 14.8. The van der Waals surface area contributed by atoms with Crippen molar-refractivity contribution in [3.63, 3.8) is 0 Å².